The Bertz CT molecular complexity index is 922. The predicted octanol–water partition coefficient (Wildman–Crippen LogP) is 5.38. The molecule has 0 aliphatic heterocycles. The summed E-state index contributed by atoms with van der Waals surface area (Å²) in [6.07, 6.45) is 3.25. The van der Waals surface area contributed by atoms with Crippen molar-refractivity contribution in [2.75, 3.05) is 0 Å². The second-order valence-corrected chi connectivity index (χ2v) is 10.7. The van der Waals surface area contributed by atoms with E-state index in [1.165, 1.54) is 6.07 Å². The van der Waals surface area contributed by atoms with Crippen molar-refractivity contribution in [2.45, 2.75) is 69.9 Å². The molecule has 0 amide bonds. The third-order valence-electron chi connectivity index (χ3n) is 4.74. The standard InChI is InChI=1S/C22H30O4S/c1-6-7-8-11-17-14-18(23)19(16-12-9-10-15(2)13-16)20(24)21(17)27(25,26)22(3,4)5/h9-10,12-14,23-24H,6-8,11H2,1-5H3. The molecule has 0 bridgehead atoms. The van der Waals surface area contributed by atoms with E-state index >= 15 is 0 Å². The van der Waals surface area contributed by atoms with Gasteiger partial charge in [-0.3, -0.25) is 0 Å². The Labute approximate surface area is 162 Å². The minimum absolute atomic E-state index is 0.0552. The fraction of sp³-hybridized carbons (Fsp3) is 0.455. The SMILES string of the molecule is CCCCCc1cc(O)c(-c2cccc(C)c2)c(O)c1S(=O)(=O)C(C)(C)C. The van der Waals surface area contributed by atoms with Gasteiger partial charge in [0.05, 0.1) is 10.3 Å². The van der Waals surface area contributed by atoms with E-state index in [2.05, 4.69) is 6.92 Å². The lowest BCUT2D eigenvalue weighted by molar-refractivity contribution is 0.439. The highest BCUT2D eigenvalue weighted by Crippen LogP contribution is 2.46. The molecule has 0 aromatic heterocycles. The lowest BCUT2D eigenvalue weighted by Gasteiger charge is -2.24. The first-order chi connectivity index (χ1) is 12.5. The number of phenolic OH excluding ortho intramolecular Hbond substituents is 2. The van der Waals surface area contributed by atoms with Crippen molar-refractivity contribution >= 4 is 9.84 Å². The first kappa shape index (κ1) is 21.3. The summed E-state index contributed by atoms with van der Waals surface area (Å²) in [5, 5.41) is 21.6. The lowest BCUT2D eigenvalue weighted by Crippen LogP contribution is -2.29. The molecular weight excluding hydrogens is 360 g/mol. The van der Waals surface area contributed by atoms with Gasteiger partial charge in [0, 0.05) is 0 Å². The van der Waals surface area contributed by atoms with E-state index in [4.69, 9.17) is 0 Å². The molecule has 2 N–H and O–H groups in total. The zero-order chi connectivity index (χ0) is 20.4. The van der Waals surface area contributed by atoms with Gasteiger partial charge in [-0.15, -0.1) is 0 Å². The van der Waals surface area contributed by atoms with Crippen LogP contribution in [0.25, 0.3) is 11.1 Å². The van der Waals surface area contributed by atoms with Crippen LogP contribution in [0.15, 0.2) is 35.2 Å². The molecule has 4 nitrogen and oxygen atoms in total. The van der Waals surface area contributed by atoms with Crippen LogP contribution < -0.4 is 0 Å². The van der Waals surface area contributed by atoms with Gasteiger partial charge in [-0.1, -0.05) is 49.6 Å². The number of phenols is 2. The second-order valence-electron chi connectivity index (χ2n) is 8.05. The third kappa shape index (κ3) is 4.29. The normalized spacial score (nSPS) is 12.3. The Morgan fingerprint density at radius 2 is 1.70 bits per heavy atom. The molecule has 0 radical (unpaired) electrons. The molecule has 2 rings (SSSR count). The van der Waals surface area contributed by atoms with Crippen molar-refractivity contribution in [1.82, 2.24) is 0 Å². The Balaban J connectivity index is 2.79. The van der Waals surface area contributed by atoms with Crippen LogP contribution in [-0.4, -0.2) is 23.4 Å². The summed E-state index contributed by atoms with van der Waals surface area (Å²) in [7, 11) is -3.79. The van der Waals surface area contributed by atoms with E-state index in [0.29, 0.717) is 17.5 Å². The predicted molar refractivity (Wildman–Crippen MR) is 110 cm³/mol. The van der Waals surface area contributed by atoms with Gasteiger partial charge in [-0.25, -0.2) is 8.42 Å². The molecule has 2 aromatic rings. The van der Waals surface area contributed by atoms with Crippen LogP contribution in [0.2, 0.25) is 0 Å². The van der Waals surface area contributed by atoms with E-state index in [0.717, 1.165) is 24.8 Å². The molecule has 2 aromatic carbocycles. The number of rotatable bonds is 6. The molecule has 0 aliphatic carbocycles. The largest absolute Gasteiger partial charge is 0.507 e. The first-order valence-electron chi connectivity index (χ1n) is 9.40. The smallest absolute Gasteiger partial charge is 0.187 e. The van der Waals surface area contributed by atoms with E-state index in [1.54, 1.807) is 26.8 Å². The molecule has 0 fully saturated rings. The van der Waals surface area contributed by atoms with E-state index < -0.39 is 14.6 Å². The number of benzene rings is 2. The molecule has 0 unspecified atom stereocenters. The van der Waals surface area contributed by atoms with E-state index in [1.807, 2.05) is 25.1 Å². The van der Waals surface area contributed by atoms with Crippen molar-refractivity contribution in [1.29, 1.82) is 0 Å². The van der Waals surface area contributed by atoms with Crippen molar-refractivity contribution < 1.29 is 18.6 Å². The van der Waals surface area contributed by atoms with Crippen LogP contribution in [0.4, 0.5) is 0 Å². The molecule has 0 spiro atoms. The Morgan fingerprint density at radius 3 is 2.26 bits per heavy atom. The maximum atomic E-state index is 13.2. The summed E-state index contributed by atoms with van der Waals surface area (Å²) < 4.78 is 25.4. The number of aromatic hydroxyl groups is 2. The minimum Gasteiger partial charge on any atom is -0.507 e. The van der Waals surface area contributed by atoms with Gasteiger partial charge in [0.25, 0.3) is 0 Å². The molecule has 0 aliphatic rings. The first-order valence-corrected chi connectivity index (χ1v) is 10.9. The number of hydrogen-bond acceptors (Lipinski definition) is 4. The Morgan fingerprint density at radius 1 is 1.04 bits per heavy atom. The van der Waals surface area contributed by atoms with Gasteiger partial charge >= 0.3 is 0 Å². The van der Waals surface area contributed by atoms with Crippen LogP contribution in [0, 0.1) is 6.92 Å². The van der Waals surface area contributed by atoms with Crippen molar-refractivity contribution in [3.8, 4) is 22.6 Å². The highest BCUT2D eigenvalue weighted by Gasteiger charge is 2.37. The number of aryl methyl sites for hydroxylation is 2. The molecule has 0 saturated heterocycles. The van der Waals surface area contributed by atoms with Crippen molar-refractivity contribution in [2.24, 2.45) is 0 Å². The molecular formula is C22H30O4S. The summed E-state index contributed by atoms with van der Waals surface area (Å²) in [5.74, 6) is -0.459. The van der Waals surface area contributed by atoms with Crippen LogP contribution in [0.3, 0.4) is 0 Å². The topological polar surface area (TPSA) is 74.6 Å². The Hall–Kier alpha value is -2.01. The summed E-state index contributed by atoms with van der Waals surface area (Å²) >= 11 is 0. The maximum absolute atomic E-state index is 13.2. The van der Waals surface area contributed by atoms with Gasteiger partial charge in [-0.2, -0.15) is 0 Å². The highest BCUT2D eigenvalue weighted by molar-refractivity contribution is 7.93. The third-order valence-corrected chi connectivity index (χ3v) is 7.35. The zero-order valence-electron chi connectivity index (χ0n) is 16.8. The Kier molecular flexibility index (Phi) is 6.25. The quantitative estimate of drug-likeness (QED) is 0.650. The molecule has 0 saturated carbocycles. The summed E-state index contributed by atoms with van der Waals surface area (Å²) in [6, 6.07) is 8.80. The number of hydrogen-bond donors (Lipinski definition) is 2. The van der Waals surface area contributed by atoms with Crippen molar-refractivity contribution in [3.63, 3.8) is 0 Å². The highest BCUT2D eigenvalue weighted by atomic mass is 32.2. The molecule has 27 heavy (non-hydrogen) atoms. The average molecular weight is 391 g/mol. The van der Waals surface area contributed by atoms with E-state index in [-0.39, 0.29) is 22.0 Å². The average Bonchev–Trinajstić information content (AvgIpc) is 2.53. The second kappa shape index (κ2) is 7.93. The molecule has 148 valence electrons. The van der Waals surface area contributed by atoms with Gasteiger partial charge in [0.15, 0.2) is 9.84 Å². The van der Waals surface area contributed by atoms with Crippen LogP contribution in [0.5, 0.6) is 11.5 Å². The summed E-state index contributed by atoms with van der Waals surface area (Å²) in [4.78, 5) is -0.0552. The summed E-state index contributed by atoms with van der Waals surface area (Å²) in [6.45, 7) is 8.84. The van der Waals surface area contributed by atoms with Crippen LogP contribution in [0.1, 0.15) is 58.1 Å². The van der Waals surface area contributed by atoms with Crippen LogP contribution >= 0.6 is 0 Å². The summed E-state index contributed by atoms with van der Waals surface area (Å²) in [5.41, 5.74) is 2.19. The van der Waals surface area contributed by atoms with E-state index in [9.17, 15) is 18.6 Å². The van der Waals surface area contributed by atoms with Gasteiger partial charge in [0.2, 0.25) is 0 Å². The molecule has 0 heterocycles. The molecule has 0 atom stereocenters. The monoisotopic (exact) mass is 390 g/mol. The lowest BCUT2D eigenvalue weighted by atomic mass is 9.97. The fourth-order valence-corrected chi connectivity index (χ4v) is 4.61. The zero-order valence-corrected chi connectivity index (χ0v) is 17.7. The maximum Gasteiger partial charge on any atom is 0.187 e. The minimum atomic E-state index is -3.79. The fourth-order valence-electron chi connectivity index (χ4n) is 3.13. The molecule has 5 heteroatoms. The van der Waals surface area contributed by atoms with Crippen molar-refractivity contribution in [3.05, 3.63) is 41.5 Å². The number of unbranched alkanes of at least 4 members (excludes halogenated alkanes) is 2. The van der Waals surface area contributed by atoms with Gasteiger partial charge in [-0.05, 0) is 57.7 Å². The van der Waals surface area contributed by atoms with Gasteiger partial charge in [0.1, 0.15) is 16.4 Å². The van der Waals surface area contributed by atoms with Crippen LogP contribution in [-0.2, 0) is 16.3 Å². The van der Waals surface area contributed by atoms with Gasteiger partial charge < -0.3 is 10.2 Å². The number of sulfone groups is 1.